The number of hydrogen-bond donors (Lipinski definition) is 2. The van der Waals surface area contributed by atoms with Crippen LogP contribution in [-0.2, 0) is 79.9 Å². The topological polar surface area (TPSA) is 315 Å². The minimum absolute atomic E-state index is 0. The summed E-state index contributed by atoms with van der Waals surface area (Å²) >= 11 is -4.33. The Hall–Kier alpha value is -6.32. The molecule has 22 nitrogen and oxygen atoms in total. The standard InChI is InChI=1S/C13H13IO8.C13H12O5.C13H14O4.C13H12O4.2Ag.O/c1-8(15)19-14(20-9(2)16,21-10(3)17)12-7-5-4-6-11(12)13(18)22-14;14-12(15)11-6-10-8(13(16)18-11)5-7-3-1-2-4-9(7)17-10;2*14-7-9-6-12-10(13(15)16-9)5-8-3-1-2-4-11(8)17-12;;;/h4-7H,1-3H3;5-6,9H,1-4H2,(H,14,15);5-6,11,14H,1-4,7H2;5-7,11H,1-4H2;;;/t;9-;2*11-;;;/m.000.../s1. The zero-order valence-electron chi connectivity index (χ0n) is 41.3. The SMILES string of the molecule is CC(=O)OI1(OC(C)=O)(OC(C)=O)OC(=O)c2ccccc21.O=C(O)c1cc2c(c(=O)o1)C=C1CCCC[C@@H]1O2.O=Cc1cc2c(c(=O)o1)C=C1CCCC[C@@H]1O2.O=c1oc(CO)cc2c1C=C1CCCC[C@@H]1O2.[Ag].[O]=[Ag]. The molecule has 3 saturated carbocycles. The number of aldehydes is 1. The van der Waals surface area contributed by atoms with E-state index >= 15 is 0 Å². The predicted molar refractivity (Wildman–Crippen MR) is 266 cm³/mol. The fourth-order valence-electron chi connectivity index (χ4n) is 9.24. The van der Waals surface area contributed by atoms with Gasteiger partial charge in [-0.3, -0.25) is 4.79 Å². The van der Waals surface area contributed by atoms with Crippen LogP contribution >= 0.6 is 18.7 Å². The van der Waals surface area contributed by atoms with Crippen molar-refractivity contribution in [1.82, 2.24) is 0 Å². The van der Waals surface area contributed by atoms with Gasteiger partial charge in [-0.1, -0.05) is 0 Å². The molecule has 3 fully saturated rings. The van der Waals surface area contributed by atoms with Gasteiger partial charge < -0.3 is 37.7 Å². The molecule has 0 unspecified atom stereocenters. The normalized spacial score (nSPS) is 20.2. The number of rotatable bonds is 6. The van der Waals surface area contributed by atoms with Crippen molar-refractivity contribution in [1.29, 1.82) is 0 Å². The summed E-state index contributed by atoms with van der Waals surface area (Å²) in [6.45, 7) is 2.79. The Morgan fingerprint density at radius 2 is 1.06 bits per heavy atom. The minimum atomic E-state index is -6.03. The van der Waals surface area contributed by atoms with Crippen LogP contribution in [0.2, 0.25) is 0 Å². The summed E-state index contributed by atoms with van der Waals surface area (Å²) < 4.78 is 60.4. The number of fused-ring (bicyclic) bond motifs is 7. The molecule has 2 N–H and O–H groups in total. The van der Waals surface area contributed by atoms with Crippen LogP contribution in [-0.4, -0.2) is 64.7 Å². The third-order valence-electron chi connectivity index (χ3n) is 12.3. The van der Waals surface area contributed by atoms with Gasteiger partial charge in [-0.05, 0) is 112 Å². The maximum atomic E-state index is 12.1. The number of benzene rings is 1. The molecule has 0 saturated heterocycles. The van der Waals surface area contributed by atoms with Crippen LogP contribution in [0.3, 0.4) is 0 Å². The molecule has 77 heavy (non-hydrogen) atoms. The summed E-state index contributed by atoms with van der Waals surface area (Å²) in [5.41, 5.74) is 3.13. The summed E-state index contributed by atoms with van der Waals surface area (Å²) in [6.07, 6.45) is 18.8. The van der Waals surface area contributed by atoms with E-state index < -0.39 is 65.4 Å². The first kappa shape index (κ1) is 59.9. The molecule has 3 atom stereocenters. The van der Waals surface area contributed by atoms with E-state index in [0.717, 1.165) is 109 Å². The van der Waals surface area contributed by atoms with E-state index in [1.54, 1.807) is 39.3 Å². The molecule has 1 radical (unpaired) electrons. The summed E-state index contributed by atoms with van der Waals surface area (Å²) in [7, 11) is 0. The summed E-state index contributed by atoms with van der Waals surface area (Å²) in [5, 5.41) is 17.8. The number of hydrogen-bond acceptors (Lipinski definition) is 21. The molecule has 7 heterocycles. The summed E-state index contributed by atoms with van der Waals surface area (Å²) in [4.78, 5) is 103. The van der Waals surface area contributed by atoms with Crippen molar-refractivity contribution < 1.29 is 125 Å². The van der Waals surface area contributed by atoms with E-state index in [4.69, 9.17) is 53.2 Å². The van der Waals surface area contributed by atoms with Crippen LogP contribution in [0.4, 0.5) is 0 Å². The number of carbonyl (C=O) groups is 6. The van der Waals surface area contributed by atoms with Crippen molar-refractivity contribution in [2.45, 2.75) is 123 Å². The third-order valence-corrected chi connectivity index (χ3v) is 20.5. The molecule has 420 valence electrons. The predicted octanol–water partition coefficient (Wildman–Crippen LogP) is 7.91. The molecule has 4 aliphatic heterocycles. The summed E-state index contributed by atoms with van der Waals surface area (Å²) in [5.74, 6) is -3.69. The van der Waals surface area contributed by atoms with Crippen molar-refractivity contribution in [2.24, 2.45) is 0 Å². The second-order valence-electron chi connectivity index (χ2n) is 17.7. The number of halogens is 1. The number of carbonyl (C=O) groups excluding carboxylic acids is 5. The molecular weight excluding hydrogens is 1320 g/mol. The molecule has 4 aromatic rings. The van der Waals surface area contributed by atoms with Gasteiger partial charge in [0.1, 0.15) is 64.6 Å². The Balaban J connectivity index is 0.000000164. The number of carboxylic acids is 1. The van der Waals surface area contributed by atoms with Gasteiger partial charge in [0.2, 0.25) is 5.76 Å². The first-order valence-corrected chi connectivity index (χ1v) is 29.0. The molecule has 25 heteroatoms. The number of carboxylic acid groups (broad SMARTS) is 1. The van der Waals surface area contributed by atoms with Crippen molar-refractivity contribution in [3.05, 3.63) is 134 Å². The van der Waals surface area contributed by atoms with Gasteiger partial charge in [0.15, 0.2) is 12.0 Å². The van der Waals surface area contributed by atoms with E-state index in [9.17, 15) is 43.2 Å². The molecule has 11 rings (SSSR count). The first-order chi connectivity index (χ1) is 36.4. The Kier molecular flexibility index (Phi) is 20.1. The number of aliphatic hydroxyl groups excluding tert-OH is 1. The monoisotopic (exact) mass is 1370 g/mol. The fraction of sp³-hybridized carbons (Fsp3) is 0.365. The van der Waals surface area contributed by atoms with Gasteiger partial charge in [-0.15, -0.1) is 0 Å². The Morgan fingerprint density at radius 3 is 1.51 bits per heavy atom. The number of ether oxygens (including phenoxy) is 3. The zero-order chi connectivity index (χ0) is 54.9. The van der Waals surface area contributed by atoms with Gasteiger partial charge in [0, 0.05) is 40.6 Å². The van der Waals surface area contributed by atoms with Gasteiger partial charge in [0.25, 0.3) is 0 Å². The van der Waals surface area contributed by atoms with Crippen LogP contribution in [0.25, 0.3) is 18.2 Å². The van der Waals surface area contributed by atoms with Gasteiger partial charge in [-0.25, -0.2) is 19.2 Å². The third kappa shape index (κ3) is 13.5. The Bertz CT molecular complexity index is 3200. The fourth-order valence-corrected chi connectivity index (χ4v) is 17.0. The quantitative estimate of drug-likeness (QED) is 0.105. The Labute approximate surface area is 468 Å². The van der Waals surface area contributed by atoms with Crippen LogP contribution in [0.15, 0.2) is 86.8 Å². The molecular formula is C52H51Ag2IO22. The summed E-state index contributed by atoms with van der Waals surface area (Å²) in [6, 6.07) is 10.2. The number of aromatic carboxylic acids is 1. The van der Waals surface area contributed by atoms with Gasteiger partial charge >= 0.3 is 175 Å². The van der Waals surface area contributed by atoms with E-state index in [1.807, 2.05) is 12.2 Å². The van der Waals surface area contributed by atoms with E-state index in [-0.39, 0.29) is 73.7 Å². The second-order valence-corrected chi connectivity index (χ2v) is 24.5. The van der Waals surface area contributed by atoms with Crippen molar-refractivity contribution in [2.75, 3.05) is 0 Å². The maximum absolute atomic E-state index is 12.1. The Morgan fingerprint density at radius 1 is 0.636 bits per heavy atom. The van der Waals surface area contributed by atoms with Crippen molar-refractivity contribution in [3.8, 4) is 17.2 Å². The second kappa shape index (κ2) is 25.9. The van der Waals surface area contributed by atoms with Crippen LogP contribution in [0.5, 0.6) is 17.2 Å². The van der Waals surface area contributed by atoms with Crippen molar-refractivity contribution in [3.63, 3.8) is 0 Å². The zero-order valence-corrected chi connectivity index (χ0v) is 46.4. The molecule has 1 aromatic carbocycles. The van der Waals surface area contributed by atoms with Crippen molar-refractivity contribution >= 4 is 73.1 Å². The number of aliphatic hydroxyl groups is 1. The van der Waals surface area contributed by atoms with Gasteiger partial charge in [-0.2, -0.15) is 0 Å². The van der Waals surface area contributed by atoms with E-state index in [0.29, 0.717) is 40.2 Å². The molecule has 7 aliphatic rings. The van der Waals surface area contributed by atoms with Crippen LogP contribution in [0, 0.1) is 3.57 Å². The first-order valence-electron chi connectivity index (χ1n) is 23.8. The molecule has 0 spiro atoms. The average Bonchev–Trinajstić information content (AvgIpc) is 3.65. The van der Waals surface area contributed by atoms with Gasteiger partial charge in [0.05, 0.1) is 0 Å². The molecule has 3 aromatic heterocycles. The molecule has 3 aliphatic carbocycles. The average molecular weight is 1370 g/mol. The van der Waals surface area contributed by atoms with Crippen LogP contribution < -0.4 is 31.1 Å². The van der Waals surface area contributed by atoms with E-state index in [2.05, 4.69) is 0 Å². The van der Waals surface area contributed by atoms with Crippen LogP contribution in [0.1, 0.15) is 152 Å². The molecule has 0 amide bonds. The van der Waals surface area contributed by atoms with E-state index in [1.165, 1.54) is 35.9 Å². The molecule has 0 bridgehead atoms.